The maximum Gasteiger partial charge on any atom is 0.240 e. The summed E-state index contributed by atoms with van der Waals surface area (Å²) in [6.45, 7) is 0.256. The summed E-state index contributed by atoms with van der Waals surface area (Å²) in [5, 5.41) is 2.95. The first kappa shape index (κ1) is 17.6. The van der Waals surface area contributed by atoms with E-state index < -0.39 is 10.0 Å². The van der Waals surface area contributed by atoms with E-state index in [9.17, 15) is 13.2 Å². The molecule has 1 saturated carbocycles. The highest BCUT2D eigenvalue weighted by Crippen LogP contribution is 2.19. The molecule has 0 unspecified atom stereocenters. The lowest BCUT2D eigenvalue weighted by atomic mass is 10.1. The van der Waals surface area contributed by atoms with Gasteiger partial charge in [0.25, 0.3) is 0 Å². The number of carbonyl (C=O) groups excluding carboxylic acids is 1. The Bertz CT molecular complexity index is 814. The Kier molecular flexibility index (Phi) is 5.50. The molecule has 0 atom stereocenters. The Labute approximate surface area is 148 Å². The zero-order chi connectivity index (χ0) is 17.7. The van der Waals surface area contributed by atoms with Crippen LogP contribution in [0.1, 0.15) is 30.4 Å². The third kappa shape index (κ3) is 5.41. The average molecular weight is 358 g/mol. The van der Waals surface area contributed by atoms with Crippen LogP contribution in [0, 0.1) is 0 Å². The minimum Gasteiger partial charge on any atom is -0.353 e. The van der Waals surface area contributed by atoms with Crippen LogP contribution in [-0.2, 0) is 27.8 Å². The molecule has 0 aliphatic heterocycles. The van der Waals surface area contributed by atoms with Gasteiger partial charge >= 0.3 is 0 Å². The molecule has 0 spiro atoms. The number of benzene rings is 2. The second kappa shape index (κ2) is 7.80. The van der Waals surface area contributed by atoms with Crippen LogP contribution in [0.15, 0.2) is 59.5 Å². The zero-order valence-electron chi connectivity index (χ0n) is 13.9. The van der Waals surface area contributed by atoms with Gasteiger partial charge in [-0.15, -0.1) is 0 Å². The minimum atomic E-state index is -3.54. The van der Waals surface area contributed by atoms with Crippen molar-refractivity contribution in [3.63, 3.8) is 0 Å². The Morgan fingerprint density at radius 1 is 0.960 bits per heavy atom. The van der Waals surface area contributed by atoms with Gasteiger partial charge in [-0.1, -0.05) is 42.5 Å². The lowest BCUT2D eigenvalue weighted by molar-refractivity contribution is -0.121. The van der Waals surface area contributed by atoms with E-state index in [-0.39, 0.29) is 17.3 Å². The van der Waals surface area contributed by atoms with Crippen LogP contribution in [0.5, 0.6) is 0 Å². The fourth-order valence-corrected chi connectivity index (χ4v) is 3.50. The predicted molar refractivity (Wildman–Crippen MR) is 96.4 cm³/mol. The van der Waals surface area contributed by atoms with Gasteiger partial charge in [0, 0.05) is 19.0 Å². The fourth-order valence-electron chi connectivity index (χ4n) is 2.48. The monoisotopic (exact) mass is 358 g/mol. The van der Waals surface area contributed by atoms with Gasteiger partial charge in [0.2, 0.25) is 15.9 Å². The van der Waals surface area contributed by atoms with Gasteiger partial charge in [0.1, 0.15) is 0 Å². The van der Waals surface area contributed by atoms with Crippen molar-refractivity contribution < 1.29 is 13.2 Å². The molecule has 1 amide bonds. The van der Waals surface area contributed by atoms with Gasteiger partial charge in [0.15, 0.2) is 0 Å². The number of sulfonamides is 1. The first-order valence-electron chi connectivity index (χ1n) is 8.45. The molecule has 1 aliphatic carbocycles. The molecule has 2 aromatic carbocycles. The Morgan fingerprint density at radius 2 is 1.64 bits per heavy atom. The Morgan fingerprint density at radius 3 is 2.28 bits per heavy atom. The molecule has 132 valence electrons. The highest BCUT2D eigenvalue weighted by Gasteiger charge is 2.22. The average Bonchev–Trinajstić information content (AvgIpc) is 3.43. The molecule has 1 aliphatic rings. The molecule has 6 heteroatoms. The van der Waals surface area contributed by atoms with Crippen LogP contribution in [-0.4, -0.2) is 20.4 Å². The molecule has 3 rings (SSSR count). The quantitative estimate of drug-likeness (QED) is 0.761. The molecule has 2 N–H and O–H groups in total. The van der Waals surface area contributed by atoms with Gasteiger partial charge in [0.05, 0.1) is 4.90 Å². The molecule has 25 heavy (non-hydrogen) atoms. The molecule has 2 aromatic rings. The van der Waals surface area contributed by atoms with Crippen LogP contribution in [0.25, 0.3) is 0 Å². The Hall–Kier alpha value is -2.18. The van der Waals surface area contributed by atoms with Crippen molar-refractivity contribution in [1.29, 1.82) is 0 Å². The largest absolute Gasteiger partial charge is 0.353 e. The van der Waals surface area contributed by atoms with E-state index in [0.717, 1.165) is 24.0 Å². The number of hydrogen-bond donors (Lipinski definition) is 2. The van der Waals surface area contributed by atoms with Crippen LogP contribution in [0.4, 0.5) is 0 Å². The topological polar surface area (TPSA) is 75.3 Å². The maximum absolute atomic E-state index is 12.3. The predicted octanol–water partition coefficient (Wildman–Crippen LogP) is 2.38. The van der Waals surface area contributed by atoms with Crippen molar-refractivity contribution in [2.45, 2.75) is 43.2 Å². The zero-order valence-corrected chi connectivity index (χ0v) is 14.8. The number of nitrogens with one attached hydrogen (secondary N) is 2. The molecule has 0 heterocycles. The summed E-state index contributed by atoms with van der Waals surface area (Å²) in [7, 11) is -3.54. The molecule has 5 nitrogen and oxygen atoms in total. The fraction of sp³-hybridized carbons (Fsp3) is 0.316. The van der Waals surface area contributed by atoms with Gasteiger partial charge < -0.3 is 5.32 Å². The molecule has 0 saturated heterocycles. The summed E-state index contributed by atoms with van der Waals surface area (Å²) in [4.78, 5) is 11.9. The van der Waals surface area contributed by atoms with E-state index in [4.69, 9.17) is 0 Å². The van der Waals surface area contributed by atoms with Gasteiger partial charge in [-0.05, 0) is 42.5 Å². The summed E-state index contributed by atoms with van der Waals surface area (Å²) in [6.07, 6.45) is 3.19. The first-order chi connectivity index (χ1) is 12.0. The second-order valence-corrected chi connectivity index (χ2v) is 8.06. The summed E-state index contributed by atoms with van der Waals surface area (Å²) in [5.74, 6) is 0.0590. The number of amides is 1. The van der Waals surface area contributed by atoms with Crippen molar-refractivity contribution in [2.24, 2.45) is 0 Å². The van der Waals surface area contributed by atoms with Gasteiger partial charge in [-0.3, -0.25) is 4.79 Å². The van der Waals surface area contributed by atoms with Crippen LogP contribution in [0.3, 0.4) is 0 Å². The van der Waals surface area contributed by atoms with E-state index in [2.05, 4.69) is 10.0 Å². The summed E-state index contributed by atoms with van der Waals surface area (Å²) in [5.41, 5.74) is 1.86. The van der Waals surface area contributed by atoms with Crippen molar-refractivity contribution in [3.05, 3.63) is 65.7 Å². The standard InChI is InChI=1S/C19H22N2O3S/c22-19(21-17-9-10-17)13-8-15-6-11-18(12-7-15)25(23,24)20-14-16-4-2-1-3-5-16/h1-7,11-12,17,20H,8-10,13-14H2,(H,21,22). The molecule has 0 radical (unpaired) electrons. The van der Waals surface area contributed by atoms with Crippen molar-refractivity contribution >= 4 is 15.9 Å². The van der Waals surface area contributed by atoms with Crippen LogP contribution >= 0.6 is 0 Å². The maximum atomic E-state index is 12.3. The first-order valence-corrected chi connectivity index (χ1v) is 9.93. The highest BCUT2D eigenvalue weighted by atomic mass is 32.2. The van der Waals surface area contributed by atoms with Gasteiger partial charge in [-0.25, -0.2) is 13.1 Å². The summed E-state index contributed by atoms with van der Waals surface area (Å²) < 4.78 is 27.3. The summed E-state index contributed by atoms with van der Waals surface area (Å²) >= 11 is 0. The van der Waals surface area contributed by atoms with E-state index >= 15 is 0 Å². The third-order valence-electron chi connectivity index (χ3n) is 4.13. The lowest BCUT2D eigenvalue weighted by Gasteiger charge is -2.08. The van der Waals surface area contributed by atoms with Crippen molar-refractivity contribution in [3.8, 4) is 0 Å². The smallest absolute Gasteiger partial charge is 0.240 e. The highest BCUT2D eigenvalue weighted by molar-refractivity contribution is 7.89. The molecule has 0 bridgehead atoms. The summed E-state index contributed by atoms with van der Waals surface area (Å²) in [6, 6.07) is 16.5. The van der Waals surface area contributed by atoms with Crippen molar-refractivity contribution in [2.75, 3.05) is 0 Å². The number of rotatable bonds is 8. The molecular weight excluding hydrogens is 336 g/mol. The minimum absolute atomic E-state index is 0.0590. The Balaban J connectivity index is 1.53. The number of aryl methyl sites for hydroxylation is 1. The van der Waals surface area contributed by atoms with Crippen molar-refractivity contribution in [1.82, 2.24) is 10.0 Å². The SMILES string of the molecule is O=C(CCc1ccc(S(=O)(=O)NCc2ccccc2)cc1)NC1CC1. The van der Waals surface area contributed by atoms with Crippen LogP contribution < -0.4 is 10.0 Å². The van der Waals surface area contributed by atoms with E-state index in [1.807, 2.05) is 30.3 Å². The number of carbonyl (C=O) groups is 1. The third-order valence-corrected chi connectivity index (χ3v) is 5.54. The van der Waals surface area contributed by atoms with E-state index in [1.165, 1.54) is 0 Å². The molecule has 1 fully saturated rings. The lowest BCUT2D eigenvalue weighted by Crippen LogP contribution is -2.25. The van der Waals surface area contributed by atoms with Gasteiger partial charge in [-0.2, -0.15) is 0 Å². The number of hydrogen-bond acceptors (Lipinski definition) is 3. The van der Waals surface area contributed by atoms with E-state index in [0.29, 0.717) is 18.9 Å². The molecular formula is C19H22N2O3S. The van der Waals surface area contributed by atoms with E-state index in [1.54, 1.807) is 24.3 Å². The van der Waals surface area contributed by atoms with Crippen LogP contribution in [0.2, 0.25) is 0 Å². The molecule has 0 aromatic heterocycles. The normalized spacial score (nSPS) is 14.2. The second-order valence-electron chi connectivity index (χ2n) is 6.30.